The minimum Gasteiger partial charge on any atom is -0.504 e. The first kappa shape index (κ1) is 12.3. The Kier molecular flexibility index (Phi) is 4.13. The maximum Gasteiger partial charge on any atom is 0.231 e. The lowest BCUT2D eigenvalue weighted by molar-refractivity contribution is -0.118. The fourth-order valence-corrected chi connectivity index (χ4v) is 1.47. The molecule has 0 unspecified atom stereocenters. The summed E-state index contributed by atoms with van der Waals surface area (Å²) in [5, 5.41) is 9.55. The quantitative estimate of drug-likeness (QED) is 0.755. The average molecular weight is 224 g/mol. The number of methoxy groups -OCH3 is 1. The number of carbonyl (C=O) groups excluding carboxylic acids is 1. The molecule has 1 rings (SSSR count). The van der Waals surface area contributed by atoms with Crippen LogP contribution < -0.4 is 10.5 Å². The van der Waals surface area contributed by atoms with Crippen molar-refractivity contribution in [2.45, 2.75) is 6.54 Å². The Morgan fingerprint density at radius 1 is 1.56 bits per heavy atom. The molecule has 0 spiro atoms. The molecule has 0 aliphatic heterocycles. The van der Waals surface area contributed by atoms with E-state index in [9.17, 15) is 9.90 Å². The van der Waals surface area contributed by atoms with Crippen LogP contribution in [0.15, 0.2) is 18.2 Å². The second kappa shape index (κ2) is 5.37. The van der Waals surface area contributed by atoms with Crippen molar-refractivity contribution in [1.29, 1.82) is 0 Å². The molecule has 0 bridgehead atoms. The van der Waals surface area contributed by atoms with Crippen LogP contribution in [0.4, 0.5) is 0 Å². The highest BCUT2D eigenvalue weighted by Crippen LogP contribution is 2.26. The molecule has 0 aromatic heterocycles. The van der Waals surface area contributed by atoms with Gasteiger partial charge in [-0.05, 0) is 24.7 Å². The van der Waals surface area contributed by atoms with Gasteiger partial charge in [-0.15, -0.1) is 0 Å². The molecule has 0 saturated carbocycles. The normalized spacial score (nSPS) is 10.4. The number of phenols is 1. The second-order valence-corrected chi connectivity index (χ2v) is 3.64. The number of likely N-dealkylation sites (N-methyl/N-ethyl adjacent to an activating group) is 1. The molecular weight excluding hydrogens is 208 g/mol. The van der Waals surface area contributed by atoms with E-state index in [-0.39, 0.29) is 18.2 Å². The van der Waals surface area contributed by atoms with Gasteiger partial charge in [0, 0.05) is 6.54 Å². The maximum atomic E-state index is 10.7. The molecule has 0 radical (unpaired) electrons. The molecule has 0 heterocycles. The predicted octanol–water partition coefficient (Wildman–Crippen LogP) is 0.318. The first-order valence-corrected chi connectivity index (χ1v) is 4.85. The van der Waals surface area contributed by atoms with Crippen molar-refractivity contribution in [3.05, 3.63) is 23.8 Å². The summed E-state index contributed by atoms with van der Waals surface area (Å²) in [5.74, 6) is 0.147. The Balaban J connectivity index is 2.67. The van der Waals surface area contributed by atoms with Crippen molar-refractivity contribution < 1.29 is 14.6 Å². The minimum absolute atomic E-state index is 0.0903. The number of aromatic hydroxyl groups is 1. The standard InChI is InChI=1S/C11H16N2O3/c1-13(7-11(12)15)6-8-3-4-10(16-2)9(14)5-8/h3-5,14H,6-7H2,1-2H3,(H2,12,15). The van der Waals surface area contributed by atoms with E-state index >= 15 is 0 Å². The average Bonchev–Trinajstić information content (AvgIpc) is 2.16. The van der Waals surface area contributed by atoms with Gasteiger partial charge in [-0.1, -0.05) is 6.07 Å². The van der Waals surface area contributed by atoms with Crippen LogP contribution in [-0.2, 0) is 11.3 Å². The minimum atomic E-state index is -0.375. The third-order valence-corrected chi connectivity index (χ3v) is 2.12. The van der Waals surface area contributed by atoms with E-state index in [0.717, 1.165) is 5.56 Å². The van der Waals surface area contributed by atoms with Crippen LogP contribution in [0.5, 0.6) is 11.5 Å². The summed E-state index contributed by atoms with van der Waals surface area (Å²) in [6.07, 6.45) is 0. The number of rotatable bonds is 5. The van der Waals surface area contributed by atoms with Gasteiger partial charge in [-0.25, -0.2) is 0 Å². The van der Waals surface area contributed by atoms with Crippen LogP contribution in [0, 0.1) is 0 Å². The van der Waals surface area contributed by atoms with E-state index in [4.69, 9.17) is 10.5 Å². The highest BCUT2D eigenvalue weighted by molar-refractivity contribution is 5.75. The number of carbonyl (C=O) groups is 1. The van der Waals surface area contributed by atoms with Crippen molar-refractivity contribution in [3.8, 4) is 11.5 Å². The summed E-state index contributed by atoms with van der Waals surface area (Å²) in [7, 11) is 3.28. The largest absolute Gasteiger partial charge is 0.504 e. The van der Waals surface area contributed by atoms with Crippen molar-refractivity contribution >= 4 is 5.91 Å². The number of phenolic OH excluding ortho intramolecular Hbond substituents is 1. The summed E-state index contributed by atoms with van der Waals surface area (Å²) >= 11 is 0. The molecule has 1 aromatic carbocycles. The molecule has 16 heavy (non-hydrogen) atoms. The predicted molar refractivity (Wildman–Crippen MR) is 60.2 cm³/mol. The van der Waals surface area contributed by atoms with Crippen LogP contribution in [-0.4, -0.2) is 36.6 Å². The molecule has 1 aromatic rings. The zero-order valence-electron chi connectivity index (χ0n) is 9.43. The van der Waals surface area contributed by atoms with Crippen LogP contribution in [0.25, 0.3) is 0 Å². The zero-order valence-corrected chi connectivity index (χ0v) is 9.43. The van der Waals surface area contributed by atoms with E-state index in [1.54, 1.807) is 24.1 Å². The monoisotopic (exact) mass is 224 g/mol. The number of benzene rings is 1. The zero-order chi connectivity index (χ0) is 12.1. The van der Waals surface area contributed by atoms with Gasteiger partial charge in [0.15, 0.2) is 11.5 Å². The third-order valence-electron chi connectivity index (χ3n) is 2.12. The topological polar surface area (TPSA) is 75.8 Å². The number of amides is 1. The first-order chi connectivity index (χ1) is 7.52. The number of hydrogen-bond acceptors (Lipinski definition) is 4. The van der Waals surface area contributed by atoms with Gasteiger partial charge in [0.1, 0.15) is 0 Å². The summed E-state index contributed by atoms with van der Waals surface area (Å²) < 4.78 is 4.93. The van der Waals surface area contributed by atoms with Gasteiger partial charge < -0.3 is 15.6 Å². The Hall–Kier alpha value is -1.75. The number of nitrogens with zero attached hydrogens (tertiary/aromatic N) is 1. The van der Waals surface area contributed by atoms with Gasteiger partial charge in [-0.3, -0.25) is 9.69 Å². The molecule has 0 saturated heterocycles. The van der Waals surface area contributed by atoms with Crippen molar-refractivity contribution in [2.75, 3.05) is 20.7 Å². The van der Waals surface area contributed by atoms with Crippen molar-refractivity contribution in [1.82, 2.24) is 4.90 Å². The molecule has 88 valence electrons. The SMILES string of the molecule is COc1ccc(CN(C)CC(N)=O)cc1O. The fraction of sp³-hybridized carbons (Fsp3) is 0.364. The lowest BCUT2D eigenvalue weighted by atomic mass is 10.2. The van der Waals surface area contributed by atoms with Crippen LogP contribution >= 0.6 is 0 Å². The summed E-state index contributed by atoms with van der Waals surface area (Å²) in [5.41, 5.74) is 5.96. The molecule has 3 N–H and O–H groups in total. The van der Waals surface area contributed by atoms with Gasteiger partial charge in [0.05, 0.1) is 13.7 Å². The highest BCUT2D eigenvalue weighted by atomic mass is 16.5. The second-order valence-electron chi connectivity index (χ2n) is 3.64. The first-order valence-electron chi connectivity index (χ1n) is 4.85. The molecule has 5 heteroatoms. The number of nitrogens with two attached hydrogens (primary N) is 1. The number of primary amides is 1. The third kappa shape index (κ3) is 3.43. The fourth-order valence-electron chi connectivity index (χ4n) is 1.47. The van der Waals surface area contributed by atoms with Crippen molar-refractivity contribution in [2.24, 2.45) is 5.73 Å². The number of hydrogen-bond donors (Lipinski definition) is 2. The Labute approximate surface area is 94.4 Å². The van der Waals surface area contributed by atoms with Gasteiger partial charge >= 0.3 is 0 Å². The van der Waals surface area contributed by atoms with E-state index in [0.29, 0.717) is 12.3 Å². The molecule has 0 aliphatic carbocycles. The van der Waals surface area contributed by atoms with Crippen LogP contribution in [0.2, 0.25) is 0 Å². The number of ether oxygens (including phenoxy) is 1. The lowest BCUT2D eigenvalue weighted by Gasteiger charge is -2.15. The lowest BCUT2D eigenvalue weighted by Crippen LogP contribution is -2.30. The van der Waals surface area contributed by atoms with E-state index in [1.165, 1.54) is 7.11 Å². The summed E-state index contributed by atoms with van der Waals surface area (Å²) in [6.45, 7) is 0.729. The summed E-state index contributed by atoms with van der Waals surface area (Å²) in [4.78, 5) is 12.4. The van der Waals surface area contributed by atoms with Crippen molar-refractivity contribution in [3.63, 3.8) is 0 Å². The van der Waals surface area contributed by atoms with E-state index in [2.05, 4.69) is 0 Å². The van der Waals surface area contributed by atoms with Gasteiger partial charge in [0.2, 0.25) is 5.91 Å². The summed E-state index contributed by atoms with van der Waals surface area (Å²) in [6, 6.07) is 5.12. The Morgan fingerprint density at radius 3 is 2.75 bits per heavy atom. The van der Waals surface area contributed by atoms with Crippen LogP contribution in [0.3, 0.4) is 0 Å². The van der Waals surface area contributed by atoms with E-state index < -0.39 is 0 Å². The Bertz CT molecular complexity index is 379. The van der Waals surface area contributed by atoms with E-state index in [1.807, 2.05) is 6.07 Å². The molecular formula is C11H16N2O3. The molecule has 0 fully saturated rings. The Morgan fingerprint density at radius 2 is 2.25 bits per heavy atom. The molecule has 5 nitrogen and oxygen atoms in total. The maximum absolute atomic E-state index is 10.7. The molecule has 1 amide bonds. The smallest absolute Gasteiger partial charge is 0.231 e. The van der Waals surface area contributed by atoms with Crippen LogP contribution in [0.1, 0.15) is 5.56 Å². The molecule has 0 atom stereocenters. The highest BCUT2D eigenvalue weighted by Gasteiger charge is 2.06. The molecule has 0 aliphatic rings. The van der Waals surface area contributed by atoms with Gasteiger partial charge in [0.25, 0.3) is 0 Å². The van der Waals surface area contributed by atoms with Gasteiger partial charge in [-0.2, -0.15) is 0 Å².